The van der Waals surface area contributed by atoms with Crippen molar-refractivity contribution in [2.24, 2.45) is 0 Å². The zero-order valence-electron chi connectivity index (χ0n) is 21.0. The van der Waals surface area contributed by atoms with Gasteiger partial charge in [0.25, 0.3) is 5.91 Å². The van der Waals surface area contributed by atoms with Crippen LogP contribution in [0.4, 0.5) is 14.5 Å². The van der Waals surface area contributed by atoms with Crippen molar-refractivity contribution in [1.82, 2.24) is 10.3 Å². The maximum absolute atomic E-state index is 13.7. The van der Waals surface area contributed by atoms with Gasteiger partial charge in [0.15, 0.2) is 0 Å². The molecule has 198 valence electrons. The molecule has 4 aromatic rings. The fourth-order valence-corrected chi connectivity index (χ4v) is 5.05. The van der Waals surface area contributed by atoms with Gasteiger partial charge in [-0.15, -0.1) is 0 Å². The van der Waals surface area contributed by atoms with Gasteiger partial charge in [-0.05, 0) is 90.2 Å². The van der Waals surface area contributed by atoms with Crippen LogP contribution in [0.5, 0.6) is 0 Å². The number of amides is 2. The summed E-state index contributed by atoms with van der Waals surface area (Å²) in [5, 5.41) is 0.580. The Hall–Kier alpha value is -4.23. The largest absolute Gasteiger partial charge is 0.339 e. The van der Waals surface area contributed by atoms with Crippen LogP contribution in [0.2, 0.25) is 5.02 Å². The minimum Gasteiger partial charge on any atom is -0.339 e. The van der Waals surface area contributed by atoms with E-state index in [1.807, 2.05) is 12.1 Å². The van der Waals surface area contributed by atoms with E-state index in [9.17, 15) is 18.4 Å². The van der Waals surface area contributed by atoms with Crippen LogP contribution in [0.3, 0.4) is 0 Å². The third-order valence-corrected chi connectivity index (χ3v) is 7.46. The summed E-state index contributed by atoms with van der Waals surface area (Å²) in [6, 6.07) is 26.2. The predicted molar refractivity (Wildman–Crippen MR) is 148 cm³/mol. The number of piperidine rings is 1. The molecule has 2 amide bonds. The average molecular weight is 546 g/mol. The monoisotopic (exact) mass is 545 g/mol. The van der Waals surface area contributed by atoms with Crippen molar-refractivity contribution in [3.8, 4) is 11.1 Å². The van der Waals surface area contributed by atoms with E-state index in [2.05, 4.69) is 10.9 Å². The fraction of sp³-hybridized carbons (Fsp3) is 0.161. The number of likely N-dealkylation sites (tertiary alicyclic amines) is 1. The van der Waals surface area contributed by atoms with Gasteiger partial charge < -0.3 is 4.90 Å². The Morgan fingerprint density at radius 1 is 0.718 bits per heavy atom. The van der Waals surface area contributed by atoms with Gasteiger partial charge in [0, 0.05) is 23.7 Å². The normalized spacial score (nSPS) is 14.5. The molecule has 0 aliphatic carbocycles. The lowest BCUT2D eigenvalue weighted by atomic mass is 9.72. The van der Waals surface area contributed by atoms with E-state index in [4.69, 9.17) is 11.6 Å². The summed E-state index contributed by atoms with van der Waals surface area (Å²) in [5.74, 6) is -1.08. The standard InChI is InChI=1S/C31H26ClF2N3O2/c32-25-9-15-28(16-10-25)35-36-30(39)31(24-7-13-27(34)14-8-24)17-19-37(20-18-31)29(38)23-3-1-21(2-4-23)22-5-11-26(33)12-6-22/h1-16,35H,17-20H2,(H,36,39). The first-order chi connectivity index (χ1) is 18.8. The summed E-state index contributed by atoms with van der Waals surface area (Å²) >= 11 is 5.95. The molecule has 0 saturated carbocycles. The Bertz CT molecular complexity index is 1450. The van der Waals surface area contributed by atoms with Crippen molar-refractivity contribution in [3.63, 3.8) is 0 Å². The lowest BCUT2D eigenvalue weighted by Crippen LogP contribution is -2.53. The smallest absolute Gasteiger partial charge is 0.253 e. The van der Waals surface area contributed by atoms with E-state index < -0.39 is 5.41 Å². The van der Waals surface area contributed by atoms with E-state index in [1.54, 1.807) is 65.6 Å². The molecule has 0 aromatic heterocycles. The van der Waals surface area contributed by atoms with E-state index in [-0.39, 0.29) is 23.4 Å². The van der Waals surface area contributed by atoms with Gasteiger partial charge in [0.05, 0.1) is 11.1 Å². The Labute approximate surface area is 230 Å². The summed E-state index contributed by atoms with van der Waals surface area (Å²) in [6.45, 7) is 0.703. The van der Waals surface area contributed by atoms with Crippen LogP contribution >= 0.6 is 11.6 Å². The fourth-order valence-electron chi connectivity index (χ4n) is 4.92. The minimum absolute atomic E-state index is 0.131. The number of carbonyl (C=O) groups is 2. The molecule has 1 aliphatic rings. The highest BCUT2D eigenvalue weighted by molar-refractivity contribution is 6.30. The number of nitrogens with zero attached hydrogens (tertiary/aromatic N) is 1. The molecule has 4 aromatic carbocycles. The van der Waals surface area contributed by atoms with Crippen molar-refractivity contribution in [1.29, 1.82) is 0 Å². The van der Waals surface area contributed by atoms with Crippen LogP contribution < -0.4 is 10.9 Å². The van der Waals surface area contributed by atoms with Gasteiger partial charge in [0.1, 0.15) is 11.6 Å². The SMILES string of the molecule is O=C(c1ccc(-c2ccc(F)cc2)cc1)N1CCC(C(=O)NNc2ccc(Cl)cc2)(c2ccc(F)cc2)CC1. The molecule has 39 heavy (non-hydrogen) atoms. The molecule has 5 rings (SSSR count). The van der Waals surface area contributed by atoms with Crippen molar-refractivity contribution in [2.45, 2.75) is 18.3 Å². The predicted octanol–water partition coefficient (Wildman–Crippen LogP) is 6.60. The maximum Gasteiger partial charge on any atom is 0.253 e. The zero-order valence-corrected chi connectivity index (χ0v) is 21.7. The lowest BCUT2D eigenvalue weighted by Gasteiger charge is -2.41. The molecule has 0 radical (unpaired) electrons. The lowest BCUT2D eigenvalue weighted by molar-refractivity contribution is -0.128. The van der Waals surface area contributed by atoms with Gasteiger partial charge in [-0.3, -0.25) is 20.4 Å². The highest BCUT2D eigenvalue weighted by Gasteiger charge is 2.44. The molecule has 8 heteroatoms. The summed E-state index contributed by atoms with van der Waals surface area (Å²) in [7, 11) is 0. The first-order valence-corrected chi connectivity index (χ1v) is 13.0. The van der Waals surface area contributed by atoms with Crippen molar-refractivity contribution >= 4 is 29.1 Å². The number of carbonyl (C=O) groups excluding carboxylic acids is 2. The number of benzene rings is 4. The Morgan fingerprint density at radius 3 is 1.79 bits per heavy atom. The van der Waals surface area contributed by atoms with Crippen LogP contribution in [-0.4, -0.2) is 29.8 Å². The van der Waals surface area contributed by atoms with Gasteiger partial charge in [-0.2, -0.15) is 0 Å². The van der Waals surface area contributed by atoms with Crippen molar-refractivity contribution < 1.29 is 18.4 Å². The van der Waals surface area contributed by atoms with Crippen molar-refractivity contribution in [2.75, 3.05) is 18.5 Å². The topological polar surface area (TPSA) is 61.4 Å². The second-order valence-corrected chi connectivity index (χ2v) is 9.99. The van der Waals surface area contributed by atoms with Crippen LogP contribution in [0.1, 0.15) is 28.8 Å². The second kappa shape index (κ2) is 11.3. The third-order valence-electron chi connectivity index (χ3n) is 7.21. The number of hydrogen-bond donors (Lipinski definition) is 2. The minimum atomic E-state index is -0.948. The summed E-state index contributed by atoms with van der Waals surface area (Å²) in [5.41, 5.74) is 8.39. The first-order valence-electron chi connectivity index (χ1n) is 12.6. The average Bonchev–Trinajstić information content (AvgIpc) is 2.97. The highest BCUT2D eigenvalue weighted by atomic mass is 35.5. The molecule has 1 heterocycles. The number of anilines is 1. The van der Waals surface area contributed by atoms with E-state index in [0.29, 0.717) is 47.8 Å². The first kappa shape index (κ1) is 26.4. The molecule has 2 N–H and O–H groups in total. The molecule has 1 fully saturated rings. The van der Waals surface area contributed by atoms with Crippen molar-refractivity contribution in [3.05, 3.63) is 125 Å². The number of hydrogen-bond acceptors (Lipinski definition) is 3. The van der Waals surface area contributed by atoms with Gasteiger partial charge in [-0.25, -0.2) is 8.78 Å². The summed E-state index contributed by atoms with van der Waals surface area (Å²) in [4.78, 5) is 28.6. The van der Waals surface area contributed by atoms with Crippen LogP contribution in [0, 0.1) is 11.6 Å². The summed E-state index contributed by atoms with van der Waals surface area (Å²) < 4.78 is 26.9. The molecule has 0 atom stereocenters. The zero-order chi connectivity index (χ0) is 27.4. The van der Waals surface area contributed by atoms with E-state index in [0.717, 1.165) is 11.1 Å². The van der Waals surface area contributed by atoms with Gasteiger partial charge in [-0.1, -0.05) is 48.0 Å². The van der Waals surface area contributed by atoms with Crippen LogP contribution in [0.15, 0.2) is 97.1 Å². The highest BCUT2D eigenvalue weighted by Crippen LogP contribution is 2.37. The summed E-state index contributed by atoms with van der Waals surface area (Å²) in [6.07, 6.45) is 0.734. The van der Waals surface area contributed by atoms with Gasteiger partial charge in [0.2, 0.25) is 5.91 Å². The number of nitrogens with one attached hydrogen (secondary N) is 2. The molecule has 5 nitrogen and oxygen atoms in total. The van der Waals surface area contributed by atoms with Crippen LogP contribution in [0.25, 0.3) is 11.1 Å². The Morgan fingerprint density at radius 2 is 1.23 bits per heavy atom. The second-order valence-electron chi connectivity index (χ2n) is 9.55. The van der Waals surface area contributed by atoms with Crippen LogP contribution in [-0.2, 0) is 10.2 Å². The van der Waals surface area contributed by atoms with Gasteiger partial charge >= 0.3 is 0 Å². The molecular formula is C31H26ClF2N3O2. The number of hydrazine groups is 1. The molecular weight excluding hydrogens is 520 g/mol. The Balaban J connectivity index is 1.30. The molecule has 1 saturated heterocycles. The molecule has 1 aliphatic heterocycles. The molecule has 0 spiro atoms. The molecule has 0 bridgehead atoms. The third kappa shape index (κ3) is 5.78. The van der Waals surface area contributed by atoms with E-state index >= 15 is 0 Å². The maximum atomic E-state index is 13.7. The van der Waals surface area contributed by atoms with E-state index in [1.165, 1.54) is 24.3 Å². The number of halogens is 3. The number of rotatable bonds is 6. The Kier molecular flexibility index (Phi) is 7.61. The molecule has 0 unspecified atom stereocenters. The quantitative estimate of drug-likeness (QED) is 0.268.